The Morgan fingerprint density at radius 3 is 2.29 bits per heavy atom. The number of hydrogen-bond acceptors (Lipinski definition) is 7. The number of sulfonamides is 1. The summed E-state index contributed by atoms with van der Waals surface area (Å²) in [7, 11) is -0.732. The van der Waals surface area contributed by atoms with Crippen LogP contribution in [0.2, 0.25) is 0 Å². The average Bonchev–Trinajstić information content (AvgIpc) is 2.78. The van der Waals surface area contributed by atoms with Crippen LogP contribution in [0.1, 0.15) is 0 Å². The van der Waals surface area contributed by atoms with Crippen molar-refractivity contribution in [3.05, 3.63) is 66.7 Å². The summed E-state index contributed by atoms with van der Waals surface area (Å²) in [4.78, 5) is 9.44. The number of hydrogen-bond donors (Lipinski definition) is 2. The quantitative estimate of drug-likeness (QED) is 0.473. The SMILES string of the molecule is COc1ccc(OC)c(Nc2nc3ccccc3nc2-c2cccc(S(N)(=O)=O)c2)c1. The molecule has 0 radical (unpaired) electrons. The van der Waals surface area contributed by atoms with Crippen LogP contribution in [0.25, 0.3) is 22.3 Å². The van der Waals surface area contributed by atoms with E-state index in [0.29, 0.717) is 45.3 Å². The van der Waals surface area contributed by atoms with Crippen LogP contribution in [0.3, 0.4) is 0 Å². The lowest BCUT2D eigenvalue weighted by atomic mass is 10.1. The van der Waals surface area contributed by atoms with Gasteiger partial charge in [-0.15, -0.1) is 0 Å². The van der Waals surface area contributed by atoms with Gasteiger partial charge in [0, 0.05) is 11.6 Å². The maximum Gasteiger partial charge on any atom is 0.238 e. The molecule has 3 N–H and O–H groups in total. The van der Waals surface area contributed by atoms with Gasteiger partial charge < -0.3 is 14.8 Å². The third kappa shape index (κ3) is 4.27. The summed E-state index contributed by atoms with van der Waals surface area (Å²) < 4.78 is 34.5. The predicted octanol–water partition coefficient (Wildman–Crippen LogP) is 3.71. The van der Waals surface area contributed by atoms with Gasteiger partial charge in [-0.25, -0.2) is 23.5 Å². The van der Waals surface area contributed by atoms with Crippen molar-refractivity contribution in [3.8, 4) is 22.8 Å². The summed E-state index contributed by atoms with van der Waals surface area (Å²) in [5.74, 6) is 1.65. The van der Waals surface area contributed by atoms with Gasteiger partial charge in [0.2, 0.25) is 10.0 Å². The van der Waals surface area contributed by atoms with Crippen molar-refractivity contribution in [2.45, 2.75) is 4.90 Å². The van der Waals surface area contributed by atoms with Crippen LogP contribution in [0.5, 0.6) is 11.5 Å². The standard InChI is InChI=1S/C22H20N4O4S/c1-29-15-10-11-20(30-2)19(13-15)26-22-21(24-17-8-3-4-9-18(17)25-22)14-6-5-7-16(12-14)31(23,27)28/h3-13H,1-2H3,(H,25,26)(H2,23,27,28). The Kier molecular flexibility index (Phi) is 5.45. The van der Waals surface area contributed by atoms with Gasteiger partial charge in [-0.3, -0.25) is 0 Å². The molecule has 0 aliphatic heterocycles. The number of fused-ring (bicyclic) bond motifs is 1. The second-order valence-electron chi connectivity index (χ2n) is 6.67. The molecule has 0 amide bonds. The third-order valence-corrected chi connectivity index (χ3v) is 5.58. The first-order valence-electron chi connectivity index (χ1n) is 9.28. The van der Waals surface area contributed by atoms with E-state index in [-0.39, 0.29) is 4.90 Å². The highest BCUT2D eigenvalue weighted by Gasteiger charge is 2.16. The number of ether oxygens (including phenoxy) is 2. The zero-order valence-electron chi connectivity index (χ0n) is 16.9. The van der Waals surface area contributed by atoms with Gasteiger partial charge in [0.05, 0.1) is 35.8 Å². The fourth-order valence-electron chi connectivity index (χ4n) is 3.15. The molecule has 8 nitrogen and oxygen atoms in total. The molecular weight excluding hydrogens is 416 g/mol. The summed E-state index contributed by atoms with van der Waals surface area (Å²) in [5.41, 5.74) is 2.98. The number of para-hydroxylation sites is 2. The fourth-order valence-corrected chi connectivity index (χ4v) is 3.71. The normalized spacial score (nSPS) is 11.3. The fraction of sp³-hybridized carbons (Fsp3) is 0.0909. The van der Waals surface area contributed by atoms with E-state index < -0.39 is 10.0 Å². The number of anilines is 2. The molecular formula is C22H20N4O4S. The molecule has 0 saturated heterocycles. The lowest BCUT2D eigenvalue weighted by Crippen LogP contribution is -2.12. The van der Waals surface area contributed by atoms with E-state index in [1.165, 1.54) is 12.1 Å². The number of nitrogens with zero attached hydrogens (tertiary/aromatic N) is 2. The summed E-state index contributed by atoms with van der Waals surface area (Å²) in [6.45, 7) is 0. The number of primary sulfonamides is 1. The highest BCUT2D eigenvalue weighted by molar-refractivity contribution is 7.89. The largest absolute Gasteiger partial charge is 0.497 e. The van der Waals surface area contributed by atoms with Crippen molar-refractivity contribution < 1.29 is 17.9 Å². The van der Waals surface area contributed by atoms with Gasteiger partial charge in [0.25, 0.3) is 0 Å². The van der Waals surface area contributed by atoms with Gasteiger partial charge in [0.15, 0.2) is 5.82 Å². The first kappa shape index (κ1) is 20.6. The van der Waals surface area contributed by atoms with Gasteiger partial charge in [-0.05, 0) is 36.4 Å². The second-order valence-corrected chi connectivity index (χ2v) is 8.24. The molecule has 0 fully saturated rings. The molecule has 4 rings (SSSR count). The van der Waals surface area contributed by atoms with Crippen molar-refractivity contribution in [1.82, 2.24) is 9.97 Å². The Balaban J connectivity index is 1.92. The van der Waals surface area contributed by atoms with Crippen molar-refractivity contribution in [2.75, 3.05) is 19.5 Å². The first-order chi connectivity index (χ1) is 14.9. The predicted molar refractivity (Wildman–Crippen MR) is 119 cm³/mol. The molecule has 0 unspecified atom stereocenters. The summed E-state index contributed by atoms with van der Waals surface area (Å²) >= 11 is 0. The molecule has 1 heterocycles. The lowest BCUT2D eigenvalue weighted by molar-refractivity contribution is 0.405. The van der Waals surface area contributed by atoms with Crippen molar-refractivity contribution in [2.24, 2.45) is 5.14 Å². The Bertz CT molecular complexity index is 1370. The van der Waals surface area contributed by atoms with E-state index >= 15 is 0 Å². The van der Waals surface area contributed by atoms with Gasteiger partial charge in [0.1, 0.15) is 17.2 Å². The smallest absolute Gasteiger partial charge is 0.238 e. The maximum absolute atomic E-state index is 11.9. The van der Waals surface area contributed by atoms with E-state index in [4.69, 9.17) is 24.6 Å². The summed E-state index contributed by atoms with van der Waals surface area (Å²) in [6.07, 6.45) is 0. The molecule has 0 atom stereocenters. The molecule has 0 aliphatic rings. The van der Waals surface area contributed by atoms with Gasteiger partial charge in [-0.2, -0.15) is 0 Å². The molecule has 1 aromatic heterocycles. The topological polar surface area (TPSA) is 116 Å². The van der Waals surface area contributed by atoms with E-state index in [1.807, 2.05) is 24.3 Å². The molecule has 158 valence electrons. The average molecular weight is 436 g/mol. The number of rotatable bonds is 6. The molecule has 9 heteroatoms. The van der Waals surface area contributed by atoms with E-state index in [0.717, 1.165) is 0 Å². The van der Waals surface area contributed by atoms with E-state index in [1.54, 1.807) is 44.6 Å². The number of nitrogens with two attached hydrogens (primary N) is 1. The van der Waals surface area contributed by atoms with Crippen molar-refractivity contribution in [3.63, 3.8) is 0 Å². The number of methoxy groups -OCH3 is 2. The molecule has 0 aliphatic carbocycles. The molecule has 4 aromatic rings. The highest BCUT2D eigenvalue weighted by Crippen LogP contribution is 2.35. The van der Waals surface area contributed by atoms with Crippen LogP contribution in [-0.2, 0) is 10.0 Å². The Hall–Kier alpha value is -3.69. The van der Waals surface area contributed by atoms with Gasteiger partial charge >= 0.3 is 0 Å². The van der Waals surface area contributed by atoms with Crippen LogP contribution in [0.4, 0.5) is 11.5 Å². The van der Waals surface area contributed by atoms with Crippen LogP contribution in [-0.4, -0.2) is 32.6 Å². The van der Waals surface area contributed by atoms with E-state index in [9.17, 15) is 8.42 Å². The zero-order valence-corrected chi connectivity index (χ0v) is 17.7. The number of benzene rings is 3. The minimum atomic E-state index is -3.87. The molecule has 31 heavy (non-hydrogen) atoms. The van der Waals surface area contributed by atoms with Crippen LogP contribution in [0, 0.1) is 0 Å². The lowest BCUT2D eigenvalue weighted by Gasteiger charge is -2.15. The number of nitrogens with one attached hydrogen (secondary N) is 1. The minimum absolute atomic E-state index is 0.00938. The Morgan fingerprint density at radius 2 is 1.61 bits per heavy atom. The third-order valence-electron chi connectivity index (χ3n) is 4.67. The highest BCUT2D eigenvalue weighted by atomic mass is 32.2. The van der Waals surface area contributed by atoms with Crippen molar-refractivity contribution >= 4 is 32.6 Å². The van der Waals surface area contributed by atoms with E-state index in [2.05, 4.69) is 5.32 Å². The van der Waals surface area contributed by atoms with Crippen LogP contribution < -0.4 is 19.9 Å². The molecule has 0 spiro atoms. The maximum atomic E-state index is 11.9. The number of aromatic nitrogens is 2. The van der Waals surface area contributed by atoms with Crippen LogP contribution in [0.15, 0.2) is 71.6 Å². The Morgan fingerprint density at radius 1 is 0.871 bits per heavy atom. The zero-order chi connectivity index (χ0) is 22.0. The first-order valence-corrected chi connectivity index (χ1v) is 10.8. The summed E-state index contributed by atoms with van der Waals surface area (Å²) in [6, 6.07) is 19.0. The summed E-state index contributed by atoms with van der Waals surface area (Å²) in [5, 5.41) is 8.57. The Labute approximate surface area is 179 Å². The molecule has 0 bridgehead atoms. The monoisotopic (exact) mass is 436 g/mol. The van der Waals surface area contributed by atoms with Crippen LogP contribution >= 0.6 is 0 Å². The molecule has 0 saturated carbocycles. The minimum Gasteiger partial charge on any atom is -0.497 e. The van der Waals surface area contributed by atoms with Crippen molar-refractivity contribution in [1.29, 1.82) is 0 Å². The molecule has 3 aromatic carbocycles. The van der Waals surface area contributed by atoms with Gasteiger partial charge in [-0.1, -0.05) is 24.3 Å². The second kappa shape index (κ2) is 8.21.